The minimum Gasteiger partial charge on any atom is -0.490 e. The number of para-hydroxylation sites is 1. The summed E-state index contributed by atoms with van der Waals surface area (Å²) in [6.45, 7) is 4.76. The summed E-state index contributed by atoms with van der Waals surface area (Å²) in [5.74, 6) is 1.56. The molecule has 0 unspecified atom stereocenters. The van der Waals surface area contributed by atoms with E-state index in [0.29, 0.717) is 37.7 Å². The molecule has 1 aromatic rings. The third-order valence-corrected chi connectivity index (χ3v) is 4.66. The van der Waals surface area contributed by atoms with Gasteiger partial charge >= 0.3 is 0 Å². The molecule has 0 bridgehead atoms. The van der Waals surface area contributed by atoms with Crippen LogP contribution in [0.25, 0.3) is 0 Å². The van der Waals surface area contributed by atoms with Gasteiger partial charge in [-0.05, 0) is 19.4 Å². The second-order valence-corrected chi connectivity index (χ2v) is 6.79. The van der Waals surface area contributed by atoms with E-state index in [9.17, 15) is 8.42 Å². The van der Waals surface area contributed by atoms with E-state index in [-0.39, 0.29) is 11.5 Å². The summed E-state index contributed by atoms with van der Waals surface area (Å²) in [5.41, 5.74) is 6.54. The Hall–Kier alpha value is -1.27. The molecule has 1 aromatic carbocycles. The molecule has 0 spiro atoms. The molecule has 0 aliphatic heterocycles. The zero-order valence-electron chi connectivity index (χ0n) is 12.1. The average Bonchev–Trinajstić information content (AvgIpc) is 2.45. The monoisotopic (exact) mass is 301 g/mol. The fourth-order valence-corrected chi connectivity index (χ4v) is 2.60. The lowest BCUT2D eigenvalue weighted by Crippen LogP contribution is -2.13. The first-order chi connectivity index (χ1) is 9.54. The Labute approximate surface area is 121 Å². The number of ether oxygens (including phenoxy) is 2. The standard InChI is InChI=1S/C14H23NO4S/c1-3-18-13-8-5-7-12(11-15)14(13)19-9-6-10-20(16,17)4-2/h5,7-8H,3-4,6,9-11,15H2,1-2H3. The van der Waals surface area contributed by atoms with Gasteiger partial charge in [0, 0.05) is 17.9 Å². The summed E-state index contributed by atoms with van der Waals surface area (Å²) in [7, 11) is -2.95. The van der Waals surface area contributed by atoms with E-state index in [0.717, 1.165) is 5.56 Å². The maximum absolute atomic E-state index is 11.4. The summed E-state index contributed by atoms with van der Waals surface area (Å²) in [6, 6.07) is 5.56. The normalized spacial score (nSPS) is 11.3. The molecule has 0 saturated heterocycles. The van der Waals surface area contributed by atoms with Crippen molar-refractivity contribution in [3.05, 3.63) is 23.8 Å². The first kappa shape index (κ1) is 16.8. The third-order valence-electron chi connectivity index (χ3n) is 2.87. The van der Waals surface area contributed by atoms with Crippen molar-refractivity contribution >= 4 is 9.84 Å². The molecule has 0 fully saturated rings. The number of rotatable bonds is 9. The van der Waals surface area contributed by atoms with Crippen LogP contribution >= 0.6 is 0 Å². The molecule has 0 saturated carbocycles. The minimum absolute atomic E-state index is 0.137. The van der Waals surface area contributed by atoms with E-state index >= 15 is 0 Å². The molecule has 20 heavy (non-hydrogen) atoms. The van der Waals surface area contributed by atoms with Gasteiger partial charge in [-0.1, -0.05) is 19.1 Å². The largest absolute Gasteiger partial charge is 0.490 e. The maximum Gasteiger partial charge on any atom is 0.165 e. The predicted octanol–water partition coefficient (Wildman–Crippen LogP) is 1.75. The number of nitrogens with two attached hydrogens (primary N) is 1. The van der Waals surface area contributed by atoms with Crippen LogP contribution in [0.1, 0.15) is 25.8 Å². The van der Waals surface area contributed by atoms with Gasteiger partial charge in [0.05, 0.1) is 19.0 Å². The highest BCUT2D eigenvalue weighted by molar-refractivity contribution is 7.91. The highest BCUT2D eigenvalue weighted by atomic mass is 32.2. The van der Waals surface area contributed by atoms with Crippen LogP contribution in [0.3, 0.4) is 0 Å². The number of hydrogen-bond donors (Lipinski definition) is 1. The molecule has 1 rings (SSSR count). The predicted molar refractivity (Wildman–Crippen MR) is 79.9 cm³/mol. The fourth-order valence-electron chi connectivity index (χ4n) is 1.75. The summed E-state index contributed by atoms with van der Waals surface area (Å²) >= 11 is 0. The van der Waals surface area contributed by atoms with Crippen LogP contribution in [-0.2, 0) is 16.4 Å². The van der Waals surface area contributed by atoms with Crippen LogP contribution in [0.15, 0.2) is 18.2 Å². The molecule has 0 aliphatic carbocycles. The van der Waals surface area contributed by atoms with E-state index < -0.39 is 9.84 Å². The van der Waals surface area contributed by atoms with E-state index in [2.05, 4.69) is 0 Å². The van der Waals surface area contributed by atoms with Crippen molar-refractivity contribution in [2.24, 2.45) is 5.73 Å². The summed E-state index contributed by atoms with van der Waals surface area (Å²) in [4.78, 5) is 0. The second kappa shape index (κ2) is 8.11. The van der Waals surface area contributed by atoms with Crippen molar-refractivity contribution in [3.63, 3.8) is 0 Å². The maximum atomic E-state index is 11.4. The van der Waals surface area contributed by atoms with E-state index in [1.54, 1.807) is 6.92 Å². The first-order valence-electron chi connectivity index (χ1n) is 6.82. The highest BCUT2D eigenvalue weighted by Crippen LogP contribution is 2.31. The van der Waals surface area contributed by atoms with Crippen LogP contribution in [0.4, 0.5) is 0 Å². The third kappa shape index (κ3) is 5.02. The van der Waals surface area contributed by atoms with Gasteiger partial charge in [0.25, 0.3) is 0 Å². The molecule has 114 valence electrons. The SMILES string of the molecule is CCOc1cccc(CN)c1OCCCS(=O)(=O)CC. The van der Waals surface area contributed by atoms with Crippen LogP contribution in [0.5, 0.6) is 11.5 Å². The molecule has 0 radical (unpaired) electrons. The first-order valence-corrected chi connectivity index (χ1v) is 8.64. The summed E-state index contributed by atoms with van der Waals surface area (Å²) in [6.07, 6.45) is 0.459. The lowest BCUT2D eigenvalue weighted by molar-refractivity contribution is 0.274. The van der Waals surface area contributed by atoms with Crippen molar-refractivity contribution in [2.75, 3.05) is 24.7 Å². The Morgan fingerprint density at radius 1 is 1.20 bits per heavy atom. The average molecular weight is 301 g/mol. The summed E-state index contributed by atoms with van der Waals surface area (Å²) < 4.78 is 34.0. The number of sulfone groups is 1. The quantitative estimate of drug-likeness (QED) is 0.703. The minimum atomic E-state index is -2.95. The van der Waals surface area contributed by atoms with Crippen LogP contribution in [0.2, 0.25) is 0 Å². The molecule has 0 aromatic heterocycles. The lowest BCUT2D eigenvalue weighted by atomic mass is 10.2. The topological polar surface area (TPSA) is 78.6 Å². The van der Waals surface area contributed by atoms with Gasteiger partial charge in [0.1, 0.15) is 9.84 Å². The second-order valence-electron chi connectivity index (χ2n) is 4.32. The van der Waals surface area contributed by atoms with E-state index in [1.165, 1.54) is 0 Å². The van der Waals surface area contributed by atoms with Crippen LogP contribution in [-0.4, -0.2) is 33.1 Å². The molecule has 2 N–H and O–H groups in total. The Kier molecular flexibility index (Phi) is 6.81. The highest BCUT2D eigenvalue weighted by Gasteiger charge is 2.11. The Morgan fingerprint density at radius 3 is 2.55 bits per heavy atom. The molecule has 0 heterocycles. The summed E-state index contributed by atoms with van der Waals surface area (Å²) in [5, 5.41) is 0. The van der Waals surface area contributed by atoms with Gasteiger partial charge in [0.15, 0.2) is 11.5 Å². The molecule has 6 heteroatoms. The van der Waals surface area contributed by atoms with Crippen LogP contribution in [0, 0.1) is 0 Å². The number of benzene rings is 1. The van der Waals surface area contributed by atoms with Gasteiger partial charge in [-0.2, -0.15) is 0 Å². The van der Waals surface area contributed by atoms with Gasteiger partial charge in [0.2, 0.25) is 0 Å². The Morgan fingerprint density at radius 2 is 1.95 bits per heavy atom. The molecular weight excluding hydrogens is 278 g/mol. The van der Waals surface area contributed by atoms with Crippen molar-refractivity contribution < 1.29 is 17.9 Å². The molecule has 0 atom stereocenters. The van der Waals surface area contributed by atoms with Crippen molar-refractivity contribution in [1.82, 2.24) is 0 Å². The molecular formula is C14H23NO4S. The van der Waals surface area contributed by atoms with Crippen LogP contribution < -0.4 is 15.2 Å². The van der Waals surface area contributed by atoms with Gasteiger partial charge < -0.3 is 15.2 Å². The number of hydrogen-bond acceptors (Lipinski definition) is 5. The van der Waals surface area contributed by atoms with Crippen molar-refractivity contribution in [3.8, 4) is 11.5 Å². The Balaban J connectivity index is 2.66. The molecule has 0 amide bonds. The van der Waals surface area contributed by atoms with Gasteiger partial charge in [-0.25, -0.2) is 8.42 Å². The smallest absolute Gasteiger partial charge is 0.165 e. The Bertz CT molecular complexity index is 514. The van der Waals surface area contributed by atoms with Gasteiger partial charge in [-0.3, -0.25) is 0 Å². The molecule has 0 aliphatic rings. The van der Waals surface area contributed by atoms with Gasteiger partial charge in [-0.15, -0.1) is 0 Å². The molecule has 5 nitrogen and oxygen atoms in total. The van der Waals surface area contributed by atoms with E-state index in [1.807, 2.05) is 25.1 Å². The zero-order chi connectivity index (χ0) is 15.0. The zero-order valence-corrected chi connectivity index (χ0v) is 12.9. The van der Waals surface area contributed by atoms with E-state index in [4.69, 9.17) is 15.2 Å². The lowest BCUT2D eigenvalue weighted by Gasteiger charge is -2.15. The van der Waals surface area contributed by atoms with Crippen molar-refractivity contribution in [1.29, 1.82) is 0 Å². The fraction of sp³-hybridized carbons (Fsp3) is 0.571. The van der Waals surface area contributed by atoms with Crippen molar-refractivity contribution in [2.45, 2.75) is 26.8 Å².